The molecule has 0 saturated carbocycles. The quantitative estimate of drug-likeness (QED) is 0.503. The molecule has 0 aliphatic heterocycles. The normalized spacial score (nSPS) is 11.2. The summed E-state index contributed by atoms with van der Waals surface area (Å²) in [4.78, 5) is 15.8. The molecule has 0 atom stereocenters. The average Bonchev–Trinajstić information content (AvgIpc) is 2.94. The standard InChI is InChI=1S/C13H13N3O3S/c1-9(16-18)11-8-20-13(14-11)15-12(17)7-19-10-5-3-2-4-6-10/h2-6,8,18H,7H2,1H3,(H,14,15,17). The fourth-order valence-corrected chi connectivity index (χ4v) is 2.14. The van der Waals surface area contributed by atoms with Crippen molar-refractivity contribution in [2.45, 2.75) is 6.92 Å². The molecule has 0 radical (unpaired) electrons. The van der Waals surface area contributed by atoms with Crippen molar-refractivity contribution in [3.63, 3.8) is 0 Å². The van der Waals surface area contributed by atoms with Gasteiger partial charge in [0.25, 0.3) is 5.91 Å². The van der Waals surface area contributed by atoms with Gasteiger partial charge < -0.3 is 9.94 Å². The first-order valence-corrected chi connectivity index (χ1v) is 6.69. The van der Waals surface area contributed by atoms with E-state index in [0.717, 1.165) is 0 Å². The summed E-state index contributed by atoms with van der Waals surface area (Å²) in [6.45, 7) is 1.53. The predicted molar refractivity (Wildman–Crippen MR) is 76.7 cm³/mol. The molecule has 1 aromatic heterocycles. The highest BCUT2D eigenvalue weighted by atomic mass is 32.1. The van der Waals surface area contributed by atoms with Crippen molar-refractivity contribution in [2.24, 2.45) is 5.16 Å². The van der Waals surface area contributed by atoms with E-state index in [2.05, 4.69) is 15.5 Å². The van der Waals surface area contributed by atoms with Crippen molar-refractivity contribution in [1.82, 2.24) is 4.98 Å². The number of carbonyl (C=O) groups is 1. The lowest BCUT2D eigenvalue weighted by molar-refractivity contribution is -0.118. The fourth-order valence-electron chi connectivity index (χ4n) is 1.37. The van der Waals surface area contributed by atoms with E-state index in [-0.39, 0.29) is 12.5 Å². The zero-order valence-corrected chi connectivity index (χ0v) is 11.6. The maximum atomic E-state index is 11.7. The van der Waals surface area contributed by atoms with E-state index in [1.165, 1.54) is 11.3 Å². The molecule has 0 aliphatic carbocycles. The first-order valence-electron chi connectivity index (χ1n) is 5.81. The molecule has 1 amide bonds. The number of amides is 1. The maximum absolute atomic E-state index is 11.7. The van der Waals surface area contributed by atoms with Gasteiger partial charge in [-0.15, -0.1) is 11.3 Å². The Labute approximate surface area is 119 Å². The van der Waals surface area contributed by atoms with Crippen molar-refractivity contribution in [3.8, 4) is 5.75 Å². The summed E-state index contributed by atoms with van der Waals surface area (Å²) in [6, 6.07) is 9.08. The van der Waals surface area contributed by atoms with Crippen molar-refractivity contribution in [1.29, 1.82) is 0 Å². The zero-order valence-electron chi connectivity index (χ0n) is 10.7. The highest BCUT2D eigenvalue weighted by Gasteiger charge is 2.09. The second-order valence-corrected chi connectivity index (χ2v) is 4.73. The van der Waals surface area contributed by atoms with E-state index in [1.54, 1.807) is 24.4 Å². The van der Waals surface area contributed by atoms with Gasteiger partial charge in [0, 0.05) is 5.38 Å². The van der Waals surface area contributed by atoms with Gasteiger partial charge in [-0.05, 0) is 19.1 Å². The third-order valence-corrected chi connectivity index (χ3v) is 3.14. The van der Waals surface area contributed by atoms with Crippen molar-refractivity contribution in [2.75, 3.05) is 11.9 Å². The number of thiazole rings is 1. The molecule has 7 heteroatoms. The minimum absolute atomic E-state index is 0.0913. The van der Waals surface area contributed by atoms with Crippen LogP contribution < -0.4 is 10.1 Å². The van der Waals surface area contributed by atoms with E-state index in [4.69, 9.17) is 9.94 Å². The van der Waals surface area contributed by atoms with Crippen LogP contribution in [0.5, 0.6) is 5.75 Å². The van der Waals surface area contributed by atoms with Crippen LogP contribution in [0.2, 0.25) is 0 Å². The largest absolute Gasteiger partial charge is 0.484 e. The highest BCUT2D eigenvalue weighted by Crippen LogP contribution is 2.16. The first kappa shape index (κ1) is 14.0. The molecule has 0 aliphatic rings. The van der Waals surface area contributed by atoms with E-state index >= 15 is 0 Å². The lowest BCUT2D eigenvalue weighted by Gasteiger charge is -2.05. The Hall–Kier alpha value is -2.41. The fraction of sp³-hybridized carbons (Fsp3) is 0.154. The number of nitrogens with zero attached hydrogens (tertiary/aromatic N) is 2. The molecule has 20 heavy (non-hydrogen) atoms. The summed E-state index contributed by atoms with van der Waals surface area (Å²) >= 11 is 1.25. The Morgan fingerprint density at radius 2 is 2.20 bits per heavy atom. The molecule has 2 rings (SSSR count). The van der Waals surface area contributed by atoms with Crippen LogP contribution in [0, 0.1) is 0 Å². The second kappa shape index (κ2) is 6.67. The molecule has 0 fully saturated rings. The molecular weight excluding hydrogens is 278 g/mol. The third kappa shape index (κ3) is 3.79. The van der Waals surface area contributed by atoms with Crippen LogP contribution in [0.3, 0.4) is 0 Å². The molecule has 2 N–H and O–H groups in total. The summed E-state index contributed by atoms with van der Waals surface area (Å²) < 4.78 is 5.32. The van der Waals surface area contributed by atoms with Gasteiger partial charge in [0.05, 0.1) is 0 Å². The summed E-state index contributed by atoms with van der Waals surface area (Å²) in [5, 5.41) is 16.4. The Morgan fingerprint density at radius 1 is 1.45 bits per heavy atom. The Balaban J connectivity index is 1.87. The van der Waals surface area contributed by atoms with E-state index in [0.29, 0.717) is 22.3 Å². The summed E-state index contributed by atoms with van der Waals surface area (Å²) in [5.41, 5.74) is 0.916. The Kier molecular flexibility index (Phi) is 4.67. The molecular formula is C13H13N3O3S. The number of hydrogen-bond acceptors (Lipinski definition) is 6. The number of benzene rings is 1. The van der Waals surface area contributed by atoms with Crippen LogP contribution >= 0.6 is 11.3 Å². The lowest BCUT2D eigenvalue weighted by Crippen LogP contribution is -2.20. The van der Waals surface area contributed by atoms with Crippen molar-refractivity contribution < 1.29 is 14.7 Å². The first-order chi connectivity index (χ1) is 9.69. The van der Waals surface area contributed by atoms with Gasteiger partial charge in [-0.2, -0.15) is 0 Å². The number of para-hydroxylation sites is 1. The number of carbonyl (C=O) groups excluding carboxylic acids is 1. The SMILES string of the molecule is CC(=NO)c1csc(NC(=O)COc2ccccc2)n1. The van der Waals surface area contributed by atoms with Gasteiger partial charge in [-0.3, -0.25) is 10.1 Å². The van der Waals surface area contributed by atoms with Crippen LogP contribution in [-0.2, 0) is 4.79 Å². The maximum Gasteiger partial charge on any atom is 0.264 e. The molecule has 0 spiro atoms. The van der Waals surface area contributed by atoms with Crippen LogP contribution in [0.4, 0.5) is 5.13 Å². The molecule has 2 aromatic rings. The number of aromatic nitrogens is 1. The number of anilines is 1. The predicted octanol–water partition coefficient (Wildman–Crippen LogP) is 2.36. The van der Waals surface area contributed by atoms with Crippen LogP contribution in [0.25, 0.3) is 0 Å². The van der Waals surface area contributed by atoms with Gasteiger partial charge in [-0.1, -0.05) is 23.4 Å². The minimum Gasteiger partial charge on any atom is -0.484 e. The number of rotatable bonds is 5. The van der Waals surface area contributed by atoms with Gasteiger partial charge in [0.2, 0.25) is 0 Å². The van der Waals surface area contributed by atoms with E-state index < -0.39 is 0 Å². The second-order valence-electron chi connectivity index (χ2n) is 3.87. The Morgan fingerprint density at radius 3 is 2.90 bits per heavy atom. The lowest BCUT2D eigenvalue weighted by atomic mass is 10.3. The topological polar surface area (TPSA) is 83.8 Å². The Bertz CT molecular complexity index is 610. The summed E-state index contributed by atoms with van der Waals surface area (Å²) in [5.74, 6) is 0.332. The number of oxime groups is 1. The third-order valence-electron chi connectivity index (χ3n) is 2.38. The van der Waals surface area contributed by atoms with Gasteiger partial charge in [0.15, 0.2) is 11.7 Å². The number of hydrogen-bond donors (Lipinski definition) is 2. The van der Waals surface area contributed by atoms with Crippen molar-refractivity contribution in [3.05, 3.63) is 41.4 Å². The van der Waals surface area contributed by atoms with Crippen LogP contribution in [-0.4, -0.2) is 28.4 Å². The molecule has 104 valence electrons. The molecule has 0 unspecified atom stereocenters. The number of nitrogens with one attached hydrogen (secondary N) is 1. The van der Waals surface area contributed by atoms with E-state index in [9.17, 15) is 4.79 Å². The summed E-state index contributed by atoms with van der Waals surface area (Å²) in [7, 11) is 0. The molecule has 0 bridgehead atoms. The van der Waals surface area contributed by atoms with Crippen LogP contribution in [0.15, 0.2) is 40.9 Å². The average molecular weight is 291 g/mol. The van der Waals surface area contributed by atoms with E-state index in [1.807, 2.05) is 18.2 Å². The molecule has 0 saturated heterocycles. The number of ether oxygens (including phenoxy) is 1. The van der Waals surface area contributed by atoms with Crippen LogP contribution in [0.1, 0.15) is 12.6 Å². The zero-order chi connectivity index (χ0) is 14.4. The van der Waals surface area contributed by atoms with Gasteiger partial charge in [0.1, 0.15) is 17.2 Å². The molecule has 1 aromatic carbocycles. The minimum atomic E-state index is -0.298. The monoisotopic (exact) mass is 291 g/mol. The van der Waals surface area contributed by atoms with Gasteiger partial charge >= 0.3 is 0 Å². The molecule has 1 heterocycles. The molecule has 6 nitrogen and oxygen atoms in total. The smallest absolute Gasteiger partial charge is 0.264 e. The van der Waals surface area contributed by atoms with Crippen molar-refractivity contribution >= 4 is 28.1 Å². The highest BCUT2D eigenvalue weighted by molar-refractivity contribution is 7.14. The summed E-state index contributed by atoms with van der Waals surface area (Å²) in [6.07, 6.45) is 0. The van der Waals surface area contributed by atoms with Gasteiger partial charge in [-0.25, -0.2) is 4.98 Å².